The van der Waals surface area contributed by atoms with Crippen LogP contribution in [0.15, 0.2) is 52.3 Å². The highest BCUT2D eigenvalue weighted by molar-refractivity contribution is 7.99. The molecule has 0 atom stereocenters. The summed E-state index contributed by atoms with van der Waals surface area (Å²) in [6.45, 7) is 10.9. The lowest BCUT2D eigenvalue weighted by atomic mass is 10.1. The molecule has 0 saturated carbocycles. The number of piperidine rings is 1. The molecule has 0 aliphatic carbocycles. The molecule has 0 N–H and O–H groups in total. The lowest BCUT2D eigenvalue weighted by Gasteiger charge is -2.37. The van der Waals surface area contributed by atoms with E-state index < -0.39 is 11.7 Å². The maximum absolute atomic E-state index is 13.4. The zero-order valence-electron chi connectivity index (χ0n) is 21.5. The predicted octanol–water partition coefficient (Wildman–Crippen LogP) is 7.07. The third-order valence-corrected chi connectivity index (χ3v) is 8.59. The highest BCUT2D eigenvalue weighted by Gasteiger charge is 2.33. The number of hydrogen-bond acceptors (Lipinski definition) is 5. The number of halogens is 6. The van der Waals surface area contributed by atoms with Crippen molar-refractivity contribution >= 4 is 60.4 Å². The first kappa shape index (κ1) is 33.3. The van der Waals surface area contributed by atoms with Gasteiger partial charge in [0.2, 0.25) is 0 Å². The number of piperazine rings is 1. The quantitative estimate of drug-likeness (QED) is 0.330. The number of likely N-dealkylation sites (tertiary alicyclic amines) is 1. The van der Waals surface area contributed by atoms with Gasteiger partial charge in [-0.05, 0) is 69.2 Å². The Kier molecular flexibility index (Phi) is 13.4. The van der Waals surface area contributed by atoms with Gasteiger partial charge in [-0.15, -0.1) is 37.2 Å². The molecule has 4 nitrogen and oxygen atoms in total. The summed E-state index contributed by atoms with van der Waals surface area (Å²) in [5, 5.41) is 0. The number of fused-ring (bicyclic) bond motifs is 2. The van der Waals surface area contributed by atoms with E-state index in [0.717, 1.165) is 61.2 Å². The van der Waals surface area contributed by atoms with Gasteiger partial charge in [0.1, 0.15) is 0 Å². The minimum absolute atomic E-state index is 0. The average Bonchev–Trinajstić information content (AvgIpc) is 2.87. The lowest BCUT2D eigenvalue weighted by Crippen LogP contribution is -2.49. The number of hydrogen-bond donors (Lipinski definition) is 0. The van der Waals surface area contributed by atoms with Crippen molar-refractivity contribution in [2.24, 2.45) is 0 Å². The van der Waals surface area contributed by atoms with Crippen LogP contribution in [-0.4, -0.2) is 80.1 Å². The minimum Gasteiger partial charge on any atom is -0.340 e. The highest BCUT2D eigenvalue weighted by Crippen LogP contribution is 2.49. The molecule has 3 aliphatic rings. The summed E-state index contributed by atoms with van der Waals surface area (Å²) >= 11 is 1.55. The van der Waals surface area contributed by atoms with E-state index in [1.54, 1.807) is 17.8 Å². The number of anilines is 2. The second-order valence-corrected chi connectivity index (χ2v) is 10.9. The Labute approximate surface area is 247 Å². The molecule has 214 valence electrons. The van der Waals surface area contributed by atoms with Crippen LogP contribution in [0.1, 0.15) is 31.2 Å². The topological polar surface area (TPSA) is 13.0 Å². The number of rotatable bonds is 7. The average molecular weight is 614 g/mol. The van der Waals surface area contributed by atoms with Gasteiger partial charge in [-0.25, -0.2) is 0 Å². The van der Waals surface area contributed by atoms with Gasteiger partial charge in [-0.3, -0.25) is 4.90 Å². The molecule has 3 aliphatic heterocycles. The number of alkyl halides is 3. The van der Waals surface area contributed by atoms with Gasteiger partial charge in [-0.2, -0.15) is 13.2 Å². The Morgan fingerprint density at radius 3 is 1.87 bits per heavy atom. The van der Waals surface area contributed by atoms with Gasteiger partial charge >= 0.3 is 6.18 Å². The van der Waals surface area contributed by atoms with Gasteiger partial charge in [0, 0.05) is 55.6 Å². The second-order valence-electron chi connectivity index (χ2n) is 9.84. The summed E-state index contributed by atoms with van der Waals surface area (Å²) < 4.78 is 40.3. The molecule has 5 rings (SSSR count). The maximum atomic E-state index is 13.4. The van der Waals surface area contributed by atoms with E-state index in [0.29, 0.717) is 12.2 Å². The van der Waals surface area contributed by atoms with Crippen molar-refractivity contribution in [3.63, 3.8) is 0 Å². The van der Waals surface area contributed by atoms with Crippen molar-refractivity contribution in [1.29, 1.82) is 0 Å². The zero-order valence-corrected chi connectivity index (χ0v) is 24.8. The fraction of sp³-hybridized carbons (Fsp3) is 0.556. The molecule has 3 heterocycles. The third-order valence-electron chi connectivity index (χ3n) is 7.46. The normalized spacial score (nSPS) is 18.4. The zero-order chi connectivity index (χ0) is 24.3. The van der Waals surface area contributed by atoms with Gasteiger partial charge < -0.3 is 14.7 Å². The molecule has 2 aromatic carbocycles. The van der Waals surface area contributed by atoms with Gasteiger partial charge in [0.15, 0.2) is 0 Å². The highest BCUT2D eigenvalue weighted by atomic mass is 35.5. The van der Waals surface area contributed by atoms with Gasteiger partial charge in [0.25, 0.3) is 0 Å². The molecule has 0 unspecified atom stereocenters. The van der Waals surface area contributed by atoms with Crippen molar-refractivity contribution in [2.75, 3.05) is 70.3 Å². The largest absolute Gasteiger partial charge is 0.416 e. The Morgan fingerprint density at radius 1 is 0.632 bits per heavy atom. The fourth-order valence-electron chi connectivity index (χ4n) is 5.40. The Hall–Kier alpha value is -0.870. The Balaban J connectivity index is 0.00000169. The second kappa shape index (κ2) is 15.2. The summed E-state index contributed by atoms with van der Waals surface area (Å²) in [5.41, 5.74) is 1.10. The van der Waals surface area contributed by atoms with Crippen LogP contribution in [0.25, 0.3) is 0 Å². The van der Waals surface area contributed by atoms with Gasteiger partial charge in [0.05, 0.1) is 16.9 Å². The van der Waals surface area contributed by atoms with E-state index in [9.17, 15) is 13.2 Å². The fourth-order valence-corrected chi connectivity index (χ4v) is 6.48. The van der Waals surface area contributed by atoms with E-state index in [-0.39, 0.29) is 37.2 Å². The van der Waals surface area contributed by atoms with Crippen molar-refractivity contribution in [3.8, 4) is 0 Å². The lowest BCUT2D eigenvalue weighted by molar-refractivity contribution is -0.137. The molecule has 2 fully saturated rings. The maximum Gasteiger partial charge on any atom is 0.416 e. The molecular formula is C27H38Cl3F3N4S. The van der Waals surface area contributed by atoms with Crippen molar-refractivity contribution in [3.05, 3.63) is 48.0 Å². The molecule has 2 aromatic rings. The summed E-state index contributed by atoms with van der Waals surface area (Å²) in [4.78, 5) is 11.8. The molecule has 0 aromatic heterocycles. The van der Waals surface area contributed by atoms with Crippen molar-refractivity contribution in [2.45, 2.75) is 41.7 Å². The molecule has 0 radical (unpaired) electrons. The Bertz CT molecular complexity index is 1000. The number of benzene rings is 2. The molecule has 0 amide bonds. The van der Waals surface area contributed by atoms with Crippen LogP contribution in [0.2, 0.25) is 0 Å². The third kappa shape index (κ3) is 8.32. The molecule has 0 spiro atoms. The van der Waals surface area contributed by atoms with E-state index >= 15 is 0 Å². The minimum atomic E-state index is -4.34. The van der Waals surface area contributed by atoms with Crippen LogP contribution in [0.3, 0.4) is 0 Å². The van der Waals surface area contributed by atoms with E-state index in [2.05, 4.69) is 25.7 Å². The van der Waals surface area contributed by atoms with Crippen LogP contribution in [0, 0.1) is 0 Å². The van der Waals surface area contributed by atoms with E-state index in [1.807, 2.05) is 18.2 Å². The number of para-hydroxylation sites is 1. The summed E-state index contributed by atoms with van der Waals surface area (Å²) in [7, 11) is 0. The first-order chi connectivity index (χ1) is 17.0. The van der Waals surface area contributed by atoms with Crippen molar-refractivity contribution < 1.29 is 13.2 Å². The Morgan fingerprint density at radius 2 is 1.21 bits per heavy atom. The van der Waals surface area contributed by atoms with Crippen LogP contribution in [-0.2, 0) is 6.18 Å². The predicted molar refractivity (Wildman–Crippen MR) is 159 cm³/mol. The summed E-state index contributed by atoms with van der Waals surface area (Å²) in [6, 6.07) is 12.2. The number of nitrogens with zero attached hydrogens (tertiary/aromatic N) is 4. The monoisotopic (exact) mass is 612 g/mol. The van der Waals surface area contributed by atoms with E-state index in [4.69, 9.17) is 0 Å². The molecule has 2 saturated heterocycles. The van der Waals surface area contributed by atoms with Crippen LogP contribution in [0.5, 0.6) is 0 Å². The molecular weight excluding hydrogens is 576 g/mol. The van der Waals surface area contributed by atoms with Crippen LogP contribution in [0.4, 0.5) is 24.5 Å². The van der Waals surface area contributed by atoms with Crippen molar-refractivity contribution in [1.82, 2.24) is 14.7 Å². The first-order valence-electron chi connectivity index (χ1n) is 12.9. The molecule has 0 bridgehead atoms. The standard InChI is InChI=1S/C27H35F3N4S.3ClH/c28-27(29,30)22-9-10-26-24(21-22)34(23-7-2-3-8-25(23)35-26)14-6-13-32-16-19-33(20-17-32)18-15-31-11-4-1-5-12-31;;;/h2-3,7-10,21H,1,4-6,11-20H2;3*1H. The molecule has 11 heteroatoms. The van der Waals surface area contributed by atoms with Crippen LogP contribution >= 0.6 is 49.0 Å². The smallest absolute Gasteiger partial charge is 0.340 e. The van der Waals surface area contributed by atoms with E-state index in [1.165, 1.54) is 51.0 Å². The van der Waals surface area contributed by atoms with Crippen LogP contribution < -0.4 is 4.90 Å². The summed E-state index contributed by atoms with van der Waals surface area (Å²) in [6.07, 6.45) is 0.649. The van der Waals surface area contributed by atoms with Gasteiger partial charge in [-0.1, -0.05) is 30.3 Å². The summed E-state index contributed by atoms with van der Waals surface area (Å²) in [5.74, 6) is 0. The molecule has 38 heavy (non-hydrogen) atoms. The first-order valence-corrected chi connectivity index (χ1v) is 13.7. The SMILES string of the molecule is Cl.Cl.Cl.FC(F)(F)c1ccc2c(c1)N(CCCN1CCN(CCN3CCCCC3)CC1)c1ccccc1S2.